The van der Waals surface area contributed by atoms with Crippen molar-refractivity contribution in [2.24, 2.45) is 11.8 Å². The minimum Gasteiger partial charge on any atom is -0.481 e. The van der Waals surface area contributed by atoms with Crippen LogP contribution in [0.4, 0.5) is 35.1 Å². The van der Waals surface area contributed by atoms with Crippen LogP contribution in [0, 0.1) is 11.8 Å². The number of carbonyl (C=O) groups is 2. The van der Waals surface area contributed by atoms with Gasteiger partial charge in [-0.25, -0.2) is 17.2 Å². The van der Waals surface area contributed by atoms with E-state index >= 15 is 0 Å². The third kappa shape index (κ3) is 6.03. The maximum absolute atomic E-state index is 14.8. The van der Waals surface area contributed by atoms with Crippen LogP contribution in [0.5, 0.6) is 0 Å². The highest BCUT2D eigenvalue weighted by Crippen LogP contribution is 2.54. The summed E-state index contributed by atoms with van der Waals surface area (Å²) in [6, 6.07) is 6.66. The Morgan fingerprint density at radius 2 is 1.36 bits per heavy atom. The molecule has 0 spiro atoms. The molecule has 45 heavy (non-hydrogen) atoms. The number of hydrogen-bond acceptors (Lipinski definition) is 4. The van der Waals surface area contributed by atoms with Crippen molar-refractivity contribution in [3.05, 3.63) is 65.2 Å². The summed E-state index contributed by atoms with van der Waals surface area (Å²) in [5.74, 6) is -2.72. The molecule has 1 aliphatic heterocycles. The maximum Gasteiger partial charge on any atom is 0.435 e. The molecule has 4 rings (SSSR count). The van der Waals surface area contributed by atoms with Crippen molar-refractivity contribution in [3.63, 3.8) is 0 Å². The summed E-state index contributed by atoms with van der Waals surface area (Å²) in [5, 5.41) is 9.26. The van der Waals surface area contributed by atoms with Gasteiger partial charge in [0.2, 0.25) is 5.91 Å². The van der Waals surface area contributed by atoms with Crippen LogP contribution >= 0.6 is 0 Å². The molecule has 1 unspecified atom stereocenters. The monoisotopic (exact) mass is 669 g/mol. The van der Waals surface area contributed by atoms with Crippen molar-refractivity contribution >= 4 is 21.7 Å². The maximum atomic E-state index is 14.8. The first kappa shape index (κ1) is 34.6. The molecule has 15 heteroatoms. The molecule has 1 saturated heterocycles. The molecular formula is C30H31F8NO5S. The number of carboxylic acid groups (broad SMARTS) is 1. The minimum atomic E-state index is -6.38. The first-order chi connectivity index (χ1) is 20.6. The van der Waals surface area contributed by atoms with E-state index in [2.05, 4.69) is 0 Å². The van der Waals surface area contributed by atoms with Gasteiger partial charge in [-0.1, -0.05) is 36.4 Å². The van der Waals surface area contributed by atoms with Crippen molar-refractivity contribution in [2.45, 2.75) is 79.3 Å². The summed E-state index contributed by atoms with van der Waals surface area (Å²) >= 11 is 0. The van der Waals surface area contributed by atoms with Crippen LogP contribution in [0.1, 0.15) is 62.6 Å². The lowest BCUT2D eigenvalue weighted by Gasteiger charge is -2.33. The van der Waals surface area contributed by atoms with Gasteiger partial charge < -0.3 is 10.0 Å². The number of hydrogen-bond donors (Lipinski definition) is 1. The van der Waals surface area contributed by atoms with E-state index in [0.717, 1.165) is 12.1 Å². The molecule has 1 aliphatic carbocycles. The number of rotatable bonds is 7. The van der Waals surface area contributed by atoms with E-state index < -0.39 is 79.0 Å². The van der Waals surface area contributed by atoms with Gasteiger partial charge in [0.1, 0.15) is 10.4 Å². The largest absolute Gasteiger partial charge is 0.481 e. The molecule has 0 bridgehead atoms. The quantitative estimate of drug-likeness (QED) is 0.322. The number of nitrogens with zero attached hydrogens (tertiary/aromatic N) is 1. The smallest absolute Gasteiger partial charge is 0.435 e. The van der Waals surface area contributed by atoms with E-state index in [-0.39, 0.29) is 61.9 Å². The van der Waals surface area contributed by atoms with E-state index in [4.69, 9.17) is 0 Å². The Balaban J connectivity index is 1.79. The first-order valence-corrected chi connectivity index (χ1v) is 15.5. The van der Waals surface area contributed by atoms with Gasteiger partial charge in [0.15, 0.2) is 9.84 Å². The zero-order chi connectivity index (χ0) is 33.8. The van der Waals surface area contributed by atoms with Gasteiger partial charge in [-0.2, -0.15) is 26.3 Å². The van der Waals surface area contributed by atoms with Crippen LogP contribution in [0.3, 0.4) is 0 Å². The van der Waals surface area contributed by atoms with Crippen molar-refractivity contribution in [2.75, 3.05) is 13.1 Å². The second kappa shape index (κ2) is 11.5. The average Bonchev–Trinajstić information content (AvgIpc) is 3.42. The zero-order valence-electron chi connectivity index (χ0n) is 24.2. The summed E-state index contributed by atoms with van der Waals surface area (Å²) < 4.78 is 136. The van der Waals surface area contributed by atoms with E-state index in [1.165, 1.54) is 30.9 Å². The van der Waals surface area contributed by atoms with Crippen LogP contribution < -0.4 is 0 Å². The molecule has 248 valence electrons. The summed E-state index contributed by atoms with van der Waals surface area (Å²) in [4.78, 5) is 25.6. The number of carbonyl (C=O) groups excluding carboxylic acids is 1. The number of benzene rings is 2. The highest BCUT2D eigenvalue weighted by molar-refractivity contribution is 7.92. The molecule has 1 amide bonds. The molecule has 0 radical (unpaired) electrons. The second-order valence-electron chi connectivity index (χ2n) is 12.1. The fourth-order valence-corrected chi connectivity index (χ4v) is 8.30. The topological polar surface area (TPSA) is 91.8 Å². The molecule has 0 aromatic heterocycles. The number of carboxylic acids is 1. The van der Waals surface area contributed by atoms with E-state index in [1.807, 2.05) is 0 Å². The number of halogens is 8. The first-order valence-electron chi connectivity index (χ1n) is 14.1. The number of aliphatic carboxylic acids is 1. The Kier molecular flexibility index (Phi) is 8.88. The van der Waals surface area contributed by atoms with Crippen molar-refractivity contribution < 1.29 is 58.2 Å². The number of amides is 1. The van der Waals surface area contributed by atoms with Crippen LogP contribution in [0.25, 0.3) is 0 Å². The van der Waals surface area contributed by atoms with E-state index in [0.29, 0.717) is 12.1 Å². The third-order valence-electron chi connectivity index (χ3n) is 8.90. The number of likely N-dealkylation sites (tertiary alicyclic amines) is 1. The normalized spacial score (nSPS) is 23.6. The third-order valence-corrected chi connectivity index (χ3v) is 11.4. The summed E-state index contributed by atoms with van der Waals surface area (Å²) in [5.41, 5.74) is -9.83. The van der Waals surface area contributed by atoms with Crippen molar-refractivity contribution in [1.29, 1.82) is 0 Å². The van der Waals surface area contributed by atoms with E-state index in [1.54, 1.807) is 0 Å². The molecule has 1 saturated carbocycles. The highest BCUT2D eigenvalue weighted by Gasteiger charge is 2.73. The fraction of sp³-hybridized carbons (Fsp3) is 0.533. The van der Waals surface area contributed by atoms with Gasteiger partial charge in [-0.05, 0) is 69.2 Å². The Hall–Kier alpha value is -3.23. The van der Waals surface area contributed by atoms with Gasteiger partial charge in [-0.15, -0.1) is 0 Å². The Morgan fingerprint density at radius 1 is 0.822 bits per heavy atom. The van der Waals surface area contributed by atoms with Gasteiger partial charge in [0.05, 0.1) is 10.8 Å². The predicted octanol–water partition coefficient (Wildman–Crippen LogP) is 6.97. The molecule has 1 heterocycles. The Bertz CT molecular complexity index is 1530. The van der Waals surface area contributed by atoms with Gasteiger partial charge >= 0.3 is 24.0 Å². The molecule has 2 aliphatic rings. The van der Waals surface area contributed by atoms with Crippen molar-refractivity contribution in [3.8, 4) is 0 Å². The molecule has 1 atom stereocenters. The second-order valence-corrected chi connectivity index (χ2v) is 14.4. The van der Waals surface area contributed by atoms with Crippen LogP contribution in [0.2, 0.25) is 0 Å². The van der Waals surface area contributed by atoms with Crippen molar-refractivity contribution in [1.82, 2.24) is 4.90 Å². The van der Waals surface area contributed by atoms with E-state index in [9.17, 15) is 58.2 Å². The molecular weight excluding hydrogens is 638 g/mol. The van der Waals surface area contributed by atoms with Gasteiger partial charge in [0.25, 0.3) is 0 Å². The number of sulfone groups is 1. The average molecular weight is 670 g/mol. The SMILES string of the molecule is CC(C)(F)c1cccc(S(=O)(=O)C2(c3ccc(C(F)(C(F)(F)F)C(F)(F)F)cc3)CCN(C(=O)[C@H]3CC[C@H](C(=O)O)CC3)C2)c1. The molecule has 2 fully saturated rings. The van der Waals surface area contributed by atoms with Gasteiger partial charge in [0, 0.05) is 24.6 Å². The number of alkyl halides is 8. The summed E-state index contributed by atoms with van der Waals surface area (Å²) in [6.07, 6.45) is -12.2. The predicted molar refractivity (Wildman–Crippen MR) is 145 cm³/mol. The zero-order valence-corrected chi connectivity index (χ0v) is 25.0. The standard InChI is InChI=1S/C30H31F8NO5S/c1-26(2,31)22-4-3-5-23(16-22)45(43,44)27(14-15-39(17-27)24(40)18-6-8-19(9-7-18)25(41)42)20-10-12-21(13-11-20)28(32,29(33,34)35)30(36,37)38/h3-5,10-13,16,18-19H,6-9,14-15,17H2,1-2H3,(H,41,42)/t18-,19-,27?. The summed E-state index contributed by atoms with van der Waals surface area (Å²) in [6.45, 7) is 1.67. The molecule has 1 N–H and O–H groups in total. The minimum absolute atomic E-state index is 0.0206. The lowest BCUT2D eigenvalue weighted by atomic mass is 9.81. The lowest BCUT2D eigenvalue weighted by Crippen LogP contribution is -2.50. The van der Waals surface area contributed by atoms with Crippen LogP contribution in [-0.4, -0.2) is 55.7 Å². The fourth-order valence-electron chi connectivity index (χ4n) is 6.18. The Morgan fingerprint density at radius 3 is 1.84 bits per heavy atom. The molecule has 2 aromatic carbocycles. The van der Waals surface area contributed by atoms with Crippen LogP contribution in [-0.2, 0) is 35.5 Å². The molecule has 6 nitrogen and oxygen atoms in total. The Labute approximate surface area is 254 Å². The van der Waals surface area contributed by atoms with Crippen LogP contribution in [0.15, 0.2) is 53.4 Å². The highest BCUT2D eigenvalue weighted by atomic mass is 32.2. The lowest BCUT2D eigenvalue weighted by molar-refractivity contribution is -0.348. The summed E-state index contributed by atoms with van der Waals surface area (Å²) in [7, 11) is -4.63. The molecule has 2 aromatic rings. The van der Waals surface area contributed by atoms with Gasteiger partial charge in [-0.3, -0.25) is 9.59 Å².